The minimum absolute atomic E-state index is 0.522. The zero-order valence-corrected chi connectivity index (χ0v) is 12.2. The van der Waals surface area contributed by atoms with Gasteiger partial charge < -0.3 is 9.73 Å². The maximum absolute atomic E-state index is 5.49. The van der Waals surface area contributed by atoms with Crippen molar-refractivity contribution in [1.29, 1.82) is 0 Å². The number of furan rings is 1. The Labute approximate surface area is 120 Å². The van der Waals surface area contributed by atoms with E-state index in [0.717, 1.165) is 15.7 Å². The minimum atomic E-state index is 0.522. The van der Waals surface area contributed by atoms with Crippen molar-refractivity contribution in [2.75, 3.05) is 5.32 Å². The van der Waals surface area contributed by atoms with Gasteiger partial charge in [0.05, 0.1) is 10.7 Å². The summed E-state index contributed by atoms with van der Waals surface area (Å²) in [5, 5.41) is 4.49. The van der Waals surface area contributed by atoms with Crippen LogP contribution in [0.15, 0.2) is 21.2 Å². The molecule has 2 aromatic rings. The van der Waals surface area contributed by atoms with Crippen LogP contribution in [0.3, 0.4) is 0 Å². The lowest BCUT2D eigenvalue weighted by atomic mass is 9.95. The lowest BCUT2D eigenvalue weighted by Crippen LogP contribution is -2.23. The highest BCUT2D eigenvalue weighted by Crippen LogP contribution is 2.33. The maximum atomic E-state index is 5.49. The van der Waals surface area contributed by atoms with Gasteiger partial charge in [-0.2, -0.15) is 0 Å². The number of hydrogen-bond acceptors (Lipinski definition) is 3. The molecule has 2 heterocycles. The van der Waals surface area contributed by atoms with Gasteiger partial charge in [0.1, 0.15) is 5.82 Å². The number of fused-ring (bicyclic) bond motifs is 1. The molecule has 0 atom stereocenters. The molecule has 3 rings (SSSR count). The molecule has 0 aromatic carbocycles. The van der Waals surface area contributed by atoms with Gasteiger partial charge in [-0.3, -0.25) is 0 Å². The summed E-state index contributed by atoms with van der Waals surface area (Å²) in [5.41, 5.74) is 0.717. The summed E-state index contributed by atoms with van der Waals surface area (Å²) in [5.74, 6) is 3.92. The van der Waals surface area contributed by atoms with E-state index >= 15 is 0 Å². The summed E-state index contributed by atoms with van der Waals surface area (Å²) in [6, 6.07) is 2.39. The number of pyridine rings is 1. The van der Waals surface area contributed by atoms with Gasteiger partial charge in [0.15, 0.2) is 11.3 Å². The molecule has 1 aliphatic carbocycles. The molecule has 0 amide bonds. The predicted molar refractivity (Wildman–Crippen MR) is 80.1 cm³/mol. The van der Waals surface area contributed by atoms with Crippen LogP contribution in [0.25, 0.3) is 11.0 Å². The molecule has 2 aromatic heterocycles. The highest BCUT2D eigenvalue weighted by molar-refractivity contribution is 9.10. The minimum Gasteiger partial charge on any atom is -0.446 e. The molecule has 98 valence electrons. The first kappa shape index (κ1) is 12.6. The molecule has 0 saturated heterocycles. The molecule has 0 aliphatic heterocycles. The summed E-state index contributed by atoms with van der Waals surface area (Å²) in [7, 11) is 0. The van der Waals surface area contributed by atoms with E-state index in [-0.39, 0.29) is 0 Å². The number of hydrogen-bond donors (Lipinski definition) is 1. The molecule has 0 spiro atoms. The van der Waals surface area contributed by atoms with Gasteiger partial charge in [-0.1, -0.05) is 19.3 Å². The largest absolute Gasteiger partial charge is 0.446 e. The Kier molecular flexibility index (Phi) is 3.48. The van der Waals surface area contributed by atoms with Gasteiger partial charge in [-0.15, -0.1) is 6.42 Å². The Morgan fingerprint density at radius 2 is 2.16 bits per heavy atom. The molecule has 1 N–H and O–H groups in total. The number of halogens is 1. The predicted octanol–water partition coefficient (Wildman–Crippen LogP) is 4.32. The standard InChI is InChI=1S/C15H15BrN2O/c1-2-11-8-12-13(19-11)9-17-15(14(12)16)18-10-6-4-3-5-7-10/h1,8-10H,3-7H2,(H,17,18). The van der Waals surface area contributed by atoms with E-state index < -0.39 is 0 Å². The Morgan fingerprint density at radius 3 is 2.89 bits per heavy atom. The van der Waals surface area contributed by atoms with Crippen molar-refractivity contribution in [3.63, 3.8) is 0 Å². The molecule has 0 unspecified atom stereocenters. The fourth-order valence-corrected chi connectivity index (χ4v) is 3.12. The highest BCUT2D eigenvalue weighted by Gasteiger charge is 2.17. The van der Waals surface area contributed by atoms with E-state index in [2.05, 4.69) is 32.2 Å². The van der Waals surface area contributed by atoms with Crippen molar-refractivity contribution < 1.29 is 4.42 Å². The van der Waals surface area contributed by atoms with Crippen LogP contribution in [0.1, 0.15) is 37.9 Å². The zero-order valence-electron chi connectivity index (χ0n) is 10.6. The molecule has 1 fully saturated rings. The number of terminal acetylenes is 1. The van der Waals surface area contributed by atoms with E-state index in [4.69, 9.17) is 10.8 Å². The SMILES string of the molecule is C#Cc1cc2c(Br)c(NC3CCCCC3)ncc2o1. The average Bonchev–Trinajstić information content (AvgIpc) is 2.87. The molecule has 0 bridgehead atoms. The summed E-state index contributed by atoms with van der Waals surface area (Å²) in [6.07, 6.45) is 13.5. The quantitative estimate of drug-likeness (QED) is 0.838. The van der Waals surface area contributed by atoms with Crippen molar-refractivity contribution in [2.45, 2.75) is 38.1 Å². The van der Waals surface area contributed by atoms with Gasteiger partial charge in [0, 0.05) is 17.5 Å². The van der Waals surface area contributed by atoms with Crippen LogP contribution in [-0.2, 0) is 0 Å². The van der Waals surface area contributed by atoms with Gasteiger partial charge in [0.25, 0.3) is 0 Å². The summed E-state index contributed by atoms with van der Waals surface area (Å²) < 4.78 is 6.42. The van der Waals surface area contributed by atoms with Crippen LogP contribution < -0.4 is 5.32 Å². The van der Waals surface area contributed by atoms with Crippen LogP contribution in [0.2, 0.25) is 0 Å². The first-order valence-electron chi connectivity index (χ1n) is 6.59. The first-order chi connectivity index (χ1) is 9.28. The van der Waals surface area contributed by atoms with Crippen LogP contribution in [0.4, 0.5) is 5.82 Å². The number of aromatic nitrogens is 1. The molecule has 19 heavy (non-hydrogen) atoms. The van der Waals surface area contributed by atoms with E-state index in [1.807, 2.05) is 6.07 Å². The lowest BCUT2D eigenvalue weighted by molar-refractivity contribution is 0.462. The second-order valence-electron chi connectivity index (χ2n) is 4.93. The van der Waals surface area contributed by atoms with Gasteiger partial charge in [0.2, 0.25) is 0 Å². The van der Waals surface area contributed by atoms with Gasteiger partial charge >= 0.3 is 0 Å². The van der Waals surface area contributed by atoms with Gasteiger partial charge in [-0.05, 0) is 34.7 Å². The third-order valence-corrected chi connectivity index (χ3v) is 4.41. The van der Waals surface area contributed by atoms with Crippen LogP contribution in [0.5, 0.6) is 0 Å². The third kappa shape index (κ3) is 2.48. The van der Waals surface area contributed by atoms with Crippen LogP contribution >= 0.6 is 15.9 Å². The van der Waals surface area contributed by atoms with E-state index in [9.17, 15) is 0 Å². The summed E-state index contributed by atoms with van der Waals surface area (Å²) >= 11 is 3.60. The Bertz CT molecular complexity index is 635. The van der Waals surface area contributed by atoms with Crippen LogP contribution in [0, 0.1) is 12.3 Å². The highest BCUT2D eigenvalue weighted by atomic mass is 79.9. The Hall–Kier alpha value is -1.47. The van der Waals surface area contributed by atoms with E-state index in [1.165, 1.54) is 32.1 Å². The molecular formula is C15H15BrN2O. The summed E-state index contributed by atoms with van der Waals surface area (Å²) in [4.78, 5) is 4.43. The Morgan fingerprint density at radius 1 is 1.37 bits per heavy atom. The second kappa shape index (κ2) is 5.26. The number of rotatable bonds is 2. The maximum Gasteiger partial charge on any atom is 0.178 e. The normalized spacial score (nSPS) is 16.4. The zero-order chi connectivity index (χ0) is 13.2. The fourth-order valence-electron chi connectivity index (χ4n) is 2.59. The monoisotopic (exact) mass is 318 g/mol. The van der Waals surface area contributed by atoms with Crippen LogP contribution in [-0.4, -0.2) is 11.0 Å². The molecular weight excluding hydrogens is 304 g/mol. The van der Waals surface area contributed by atoms with Crippen molar-refractivity contribution in [2.24, 2.45) is 0 Å². The first-order valence-corrected chi connectivity index (χ1v) is 7.38. The molecule has 3 nitrogen and oxygen atoms in total. The molecule has 4 heteroatoms. The van der Waals surface area contributed by atoms with E-state index in [1.54, 1.807) is 6.20 Å². The second-order valence-corrected chi connectivity index (χ2v) is 5.73. The van der Waals surface area contributed by atoms with Gasteiger partial charge in [-0.25, -0.2) is 4.98 Å². The lowest BCUT2D eigenvalue weighted by Gasteiger charge is -2.23. The number of nitrogens with one attached hydrogen (secondary N) is 1. The van der Waals surface area contributed by atoms with Crippen molar-refractivity contribution in [3.05, 3.63) is 22.5 Å². The molecule has 0 radical (unpaired) electrons. The third-order valence-electron chi connectivity index (χ3n) is 3.60. The van der Waals surface area contributed by atoms with E-state index in [0.29, 0.717) is 17.4 Å². The topological polar surface area (TPSA) is 38.1 Å². The Balaban J connectivity index is 1.91. The molecule has 1 saturated carbocycles. The molecule has 1 aliphatic rings. The number of anilines is 1. The summed E-state index contributed by atoms with van der Waals surface area (Å²) in [6.45, 7) is 0. The fraction of sp³-hybridized carbons (Fsp3) is 0.400. The average molecular weight is 319 g/mol. The van der Waals surface area contributed by atoms with Crippen molar-refractivity contribution in [1.82, 2.24) is 4.98 Å². The number of nitrogens with zero attached hydrogens (tertiary/aromatic N) is 1. The van der Waals surface area contributed by atoms with Crippen molar-refractivity contribution >= 4 is 32.7 Å². The van der Waals surface area contributed by atoms with Crippen molar-refractivity contribution in [3.8, 4) is 12.3 Å². The smallest absolute Gasteiger partial charge is 0.178 e.